The molecule has 4 rings (SSSR count). The SMILES string of the molecule is C=CCNC(=O)c1c(N)n(/N=C/c2ccc(C)cc2)c2nc3ccccc3nc12. The molecule has 0 aliphatic rings. The third kappa shape index (κ3) is 3.45. The summed E-state index contributed by atoms with van der Waals surface area (Å²) in [5, 5.41) is 7.24. The van der Waals surface area contributed by atoms with Gasteiger partial charge in [0.25, 0.3) is 5.91 Å². The molecule has 7 heteroatoms. The van der Waals surface area contributed by atoms with Gasteiger partial charge in [-0.3, -0.25) is 4.79 Å². The number of nitrogens with two attached hydrogens (primary N) is 1. The Morgan fingerprint density at radius 3 is 2.55 bits per heavy atom. The van der Waals surface area contributed by atoms with Crippen LogP contribution < -0.4 is 11.1 Å². The highest BCUT2D eigenvalue weighted by atomic mass is 16.1. The van der Waals surface area contributed by atoms with E-state index < -0.39 is 0 Å². The van der Waals surface area contributed by atoms with E-state index in [0.29, 0.717) is 28.7 Å². The number of nitrogen functional groups attached to an aromatic ring is 1. The van der Waals surface area contributed by atoms with Crippen LogP contribution in [-0.2, 0) is 0 Å². The first kappa shape index (κ1) is 18.4. The number of hydrogen-bond acceptors (Lipinski definition) is 5. The van der Waals surface area contributed by atoms with Gasteiger partial charge in [-0.15, -0.1) is 6.58 Å². The summed E-state index contributed by atoms with van der Waals surface area (Å²) in [7, 11) is 0. The molecule has 0 spiro atoms. The van der Waals surface area contributed by atoms with E-state index in [-0.39, 0.29) is 17.3 Å². The highest BCUT2D eigenvalue weighted by molar-refractivity contribution is 6.10. The molecule has 2 aromatic carbocycles. The predicted octanol–water partition coefficient (Wildman–Crippen LogP) is 3.27. The second-order valence-corrected chi connectivity index (χ2v) is 6.61. The van der Waals surface area contributed by atoms with Crippen molar-refractivity contribution < 1.29 is 4.79 Å². The maximum atomic E-state index is 12.7. The van der Waals surface area contributed by atoms with Crippen LogP contribution in [0.25, 0.3) is 22.2 Å². The summed E-state index contributed by atoms with van der Waals surface area (Å²) in [6, 6.07) is 15.4. The fourth-order valence-corrected chi connectivity index (χ4v) is 3.02. The number of aromatic nitrogens is 3. The molecule has 4 aromatic rings. The molecule has 2 aromatic heterocycles. The Morgan fingerprint density at radius 2 is 1.86 bits per heavy atom. The van der Waals surface area contributed by atoms with E-state index in [0.717, 1.165) is 11.1 Å². The molecule has 0 bridgehead atoms. The van der Waals surface area contributed by atoms with E-state index in [2.05, 4.69) is 27.0 Å². The van der Waals surface area contributed by atoms with Crippen molar-refractivity contribution in [1.82, 2.24) is 20.0 Å². The zero-order chi connectivity index (χ0) is 20.4. The minimum absolute atomic E-state index is 0.181. The molecule has 29 heavy (non-hydrogen) atoms. The van der Waals surface area contributed by atoms with Crippen LogP contribution in [0.4, 0.5) is 5.82 Å². The number of nitrogens with zero attached hydrogens (tertiary/aromatic N) is 4. The molecule has 0 radical (unpaired) electrons. The van der Waals surface area contributed by atoms with Crippen LogP contribution in [-0.4, -0.2) is 33.3 Å². The molecule has 144 valence electrons. The van der Waals surface area contributed by atoms with Gasteiger partial charge in [0.1, 0.15) is 16.9 Å². The molecule has 0 fully saturated rings. The van der Waals surface area contributed by atoms with E-state index in [9.17, 15) is 4.79 Å². The molecule has 0 atom stereocenters. The minimum atomic E-state index is -0.346. The molecule has 0 saturated heterocycles. The van der Waals surface area contributed by atoms with Crippen molar-refractivity contribution >= 4 is 40.1 Å². The lowest BCUT2D eigenvalue weighted by molar-refractivity contribution is 0.0960. The zero-order valence-electron chi connectivity index (χ0n) is 16.0. The second kappa shape index (κ2) is 7.55. The molecule has 0 unspecified atom stereocenters. The van der Waals surface area contributed by atoms with E-state index in [1.807, 2.05) is 55.5 Å². The average Bonchev–Trinajstić information content (AvgIpc) is 3.00. The Hall–Kier alpha value is -4.00. The van der Waals surface area contributed by atoms with Crippen molar-refractivity contribution in [3.8, 4) is 0 Å². The number of nitrogens with one attached hydrogen (secondary N) is 1. The van der Waals surface area contributed by atoms with Gasteiger partial charge in [-0.2, -0.15) is 9.78 Å². The topological polar surface area (TPSA) is 98.2 Å². The molecule has 1 amide bonds. The number of carbonyl (C=O) groups excluding carboxylic acids is 1. The first-order valence-electron chi connectivity index (χ1n) is 9.15. The molecule has 7 nitrogen and oxygen atoms in total. The van der Waals surface area contributed by atoms with E-state index >= 15 is 0 Å². The molecule has 2 heterocycles. The molecular formula is C22H20N6O. The molecular weight excluding hydrogens is 364 g/mol. The second-order valence-electron chi connectivity index (χ2n) is 6.61. The van der Waals surface area contributed by atoms with Crippen molar-refractivity contribution in [3.63, 3.8) is 0 Å². The van der Waals surface area contributed by atoms with Crippen molar-refractivity contribution in [3.05, 3.63) is 77.9 Å². The van der Waals surface area contributed by atoms with Crippen molar-refractivity contribution in [2.45, 2.75) is 6.92 Å². The number of hydrogen-bond donors (Lipinski definition) is 2. The van der Waals surface area contributed by atoms with Gasteiger partial charge < -0.3 is 11.1 Å². The minimum Gasteiger partial charge on any atom is -0.383 e. The number of benzene rings is 2. The van der Waals surface area contributed by atoms with Gasteiger partial charge in [0.15, 0.2) is 5.65 Å². The van der Waals surface area contributed by atoms with Gasteiger partial charge in [-0.1, -0.05) is 48.0 Å². The number of carbonyl (C=O) groups is 1. The third-order valence-electron chi connectivity index (χ3n) is 4.51. The third-order valence-corrected chi connectivity index (χ3v) is 4.51. The number of para-hydroxylation sites is 2. The summed E-state index contributed by atoms with van der Waals surface area (Å²) in [5.74, 6) is -0.165. The summed E-state index contributed by atoms with van der Waals surface area (Å²) in [6.07, 6.45) is 3.28. The zero-order valence-corrected chi connectivity index (χ0v) is 16.0. The van der Waals surface area contributed by atoms with Gasteiger partial charge in [-0.05, 0) is 24.6 Å². The van der Waals surface area contributed by atoms with Crippen molar-refractivity contribution in [1.29, 1.82) is 0 Å². The molecule has 0 saturated carbocycles. The van der Waals surface area contributed by atoms with Crippen LogP contribution in [0, 0.1) is 6.92 Å². The number of rotatable bonds is 5. The molecule has 0 aliphatic carbocycles. The summed E-state index contributed by atoms with van der Waals surface area (Å²) in [4.78, 5) is 22.0. The number of aryl methyl sites for hydroxylation is 1. The number of fused-ring (bicyclic) bond motifs is 2. The standard InChI is InChI=1S/C22H20N6O/c1-3-12-24-22(29)18-19-21(27-17-7-5-4-6-16(17)26-19)28(20(18)23)25-13-15-10-8-14(2)9-11-15/h3-11,13H,1,12,23H2,2H3,(H,24,29)/b25-13+. The van der Waals surface area contributed by atoms with Gasteiger partial charge in [0.05, 0.1) is 17.2 Å². The Morgan fingerprint density at radius 1 is 1.17 bits per heavy atom. The van der Waals surface area contributed by atoms with Crippen molar-refractivity contribution in [2.75, 3.05) is 12.3 Å². The highest BCUT2D eigenvalue weighted by Gasteiger charge is 2.23. The van der Waals surface area contributed by atoms with Crippen molar-refractivity contribution in [2.24, 2.45) is 5.10 Å². The van der Waals surface area contributed by atoms with Crippen LogP contribution in [0.15, 0.2) is 66.3 Å². The van der Waals surface area contributed by atoms with E-state index in [1.165, 1.54) is 4.68 Å². The fourth-order valence-electron chi connectivity index (χ4n) is 3.02. The Balaban J connectivity index is 1.91. The fraction of sp³-hybridized carbons (Fsp3) is 0.0909. The van der Waals surface area contributed by atoms with Crippen LogP contribution in [0.1, 0.15) is 21.5 Å². The average molecular weight is 384 g/mol. The van der Waals surface area contributed by atoms with E-state index in [4.69, 9.17) is 5.73 Å². The number of anilines is 1. The molecule has 3 N–H and O–H groups in total. The van der Waals surface area contributed by atoms with Gasteiger partial charge in [0.2, 0.25) is 0 Å². The Labute approximate surface area is 167 Å². The van der Waals surface area contributed by atoms with Crippen LogP contribution >= 0.6 is 0 Å². The largest absolute Gasteiger partial charge is 0.383 e. The first-order chi connectivity index (χ1) is 14.1. The molecule has 0 aliphatic heterocycles. The number of amides is 1. The summed E-state index contributed by atoms with van der Waals surface area (Å²) in [6.45, 7) is 5.96. The predicted molar refractivity (Wildman–Crippen MR) is 116 cm³/mol. The monoisotopic (exact) mass is 384 g/mol. The van der Waals surface area contributed by atoms with E-state index in [1.54, 1.807) is 12.3 Å². The first-order valence-corrected chi connectivity index (χ1v) is 9.15. The smallest absolute Gasteiger partial charge is 0.257 e. The van der Waals surface area contributed by atoms with Crippen LogP contribution in [0.2, 0.25) is 0 Å². The normalized spacial score (nSPS) is 11.3. The lowest BCUT2D eigenvalue weighted by Gasteiger charge is -2.02. The maximum Gasteiger partial charge on any atom is 0.257 e. The lowest BCUT2D eigenvalue weighted by Crippen LogP contribution is -2.24. The lowest BCUT2D eigenvalue weighted by atomic mass is 10.2. The van der Waals surface area contributed by atoms with Gasteiger partial charge >= 0.3 is 0 Å². The summed E-state index contributed by atoms with van der Waals surface area (Å²) >= 11 is 0. The van der Waals surface area contributed by atoms with Gasteiger partial charge in [0, 0.05) is 6.54 Å². The Kier molecular flexibility index (Phi) is 4.78. The van der Waals surface area contributed by atoms with Crippen LogP contribution in [0.3, 0.4) is 0 Å². The Bertz CT molecular complexity index is 1250. The van der Waals surface area contributed by atoms with Gasteiger partial charge in [-0.25, -0.2) is 9.97 Å². The summed E-state index contributed by atoms with van der Waals surface area (Å²) in [5.41, 5.74) is 10.8. The quantitative estimate of drug-likeness (QED) is 0.407. The summed E-state index contributed by atoms with van der Waals surface area (Å²) < 4.78 is 1.46. The van der Waals surface area contributed by atoms with Crippen LogP contribution in [0.5, 0.6) is 0 Å². The highest BCUT2D eigenvalue weighted by Crippen LogP contribution is 2.27. The maximum absolute atomic E-state index is 12.7.